The number of aliphatic hydroxyl groups is 1. The van der Waals surface area contributed by atoms with Gasteiger partial charge in [-0.3, -0.25) is 4.57 Å². The second kappa shape index (κ2) is 12.3. The molecule has 2 aliphatic rings. The number of hydrogen-bond donors (Lipinski definition) is 1. The molecule has 0 aromatic heterocycles. The molecule has 0 heterocycles. The summed E-state index contributed by atoms with van der Waals surface area (Å²) in [6.45, 7) is 13.3. The Morgan fingerprint density at radius 3 is 1.76 bits per heavy atom. The van der Waals surface area contributed by atoms with Gasteiger partial charge in [0, 0.05) is 0 Å². The Kier molecular flexibility index (Phi) is 10.0. The molecular formula is C29H47O4P. The highest BCUT2D eigenvalue weighted by Crippen LogP contribution is 2.59. The standard InChI is InChI=1S/C29H47O4P/c1-20(2)25-15-12-22(5)18-27(25)32-34(31,29(30)17-14-24-10-8-7-9-11-24)33-28-19-23(6)13-16-26(28)21(3)4/h7-11,14,17,20-23,25-30H,12-13,15-16,18-19H2,1-6H3/b17-14+/t22-,23-,25-,26+,27-,28-,29+,34?/m1/s1. The molecule has 0 amide bonds. The quantitative estimate of drug-likeness (QED) is 0.355. The summed E-state index contributed by atoms with van der Waals surface area (Å²) in [5.41, 5.74) is 0.950. The maximum absolute atomic E-state index is 14.5. The van der Waals surface area contributed by atoms with Crippen LogP contribution in [0.25, 0.3) is 6.08 Å². The highest BCUT2D eigenvalue weighted by atomic mass is 31.2. The zero-order chi connectivity index (χ0) is 24.9. The lowest BCUT2D eigenvalue weighted by molar-refractivity contribution is -0.0121. The minimum atomic E-state index is -3.82. The molecule has 8 atom stereocenters. The van der Waals surface area contributed by atoms with Crippen LogP contribution in [-0.2, 0) is 13.6 Å². The van der Waals surface area contributed by atoms with Crippen LogP contribution in [0.2, 0.25) is 0 Å². The van der Waals surface area contributed by atoms with E-state index in [4.69, 9.17) is 9.05 Å². The molecule has 0 saturated heterocycles. The van der Waals surface area contributed by atoms with Gasteiger partial charge in [0.1, 0.15) is 0 Å². The second-order valence-electron chi connectivity index (χ2n) is 11.7. The van der Waals surface area contributed by atoms with Crippen molar-refractivity contribution in [2.45, 2.75) is 98.1 Å². The van der Waals surface area contributed by atoms with Crippen molar-refractivity contribution in [3.8, 4) is 0 Å². The molecule has 1 aromatic carbocycles. The third-order valence-electron chi connectivity index (χ3n) is 8.07. The van der Waals surface area contributed by atoms with Gasteiger partial charge in [0.15, 0.2) is 5.85 Å². The molecule has 0 radical (unpaired) electrons. The molecule has 3 rings (SSSR count). The maximum atomic E-state index is 14.5. The lowest BCUT2D eigenvalue weighted by atomic mass is 9.75. The first kappa shape index (κ1) is 27.7. The van der Waals surface area contributed by atoms with Crippen LogP contribution in [0.5, 0.6) is 0 Å². The molecule has 2 fully saturated rings. The van der Waals surface area contributed by atoms with Crippen molar-refractivity contribution in [2.75, 3.05) is 0 Å². The summed E-state index contributed by atoms with van der Waals surface area (Å²) >= 11 is 0. The first-order chi connectivity index (χ1) is 16.1. The summed E-state index contributed by atoms with van der Waals surface area (Å²) in [6.07, 6.45) is 9.28. The highest BCUT2D eigenvalue weighted by molar-refractivity contribution is 7.54. The van der Waals surface area contributed by atoms with Crippen molar-refractivity contribution >= 4 is 13.7 Å². The van der Waals surface area contributed by atoms with Crippen molar-refractivity contribution < 1.29 is 18.7 Å². The van der Waals surface area contributed by atoms with E-state index < -0.39 is 13.4 Å². The first-order valence-corrected chi connectivity index (χ1v) is 15.1. The largest absolute Gasteiger partial charge is 0.377 e. The average molecular weight is 491 g/mol. The minimum Gasteiger partial charge on any atom is -0.377 e. The zero-order valence-corrected chi connectivity index (χ0v) is 23.0. The van der Waals surface area contributed by atoms with Crippen LogP contribution >= 0.6 is 7.60 Å². The molecule has 34 heavy (non-hydrogen) atoms. The minimum absolute atomic E-state index is 0.159. The highest BCUT2D eigenvalue weighted by Gasteiger charge is 2.45. The van der Waals surface area contributed by atoms with Gasteiger partial charge in [-0.15, -0.1) is 0 Å². The summed E-state index contributed by atoms with van der Waals surface area (Å²) in [4.78, 5) is 0. The fourth-order valence-electron chi connectivity index (χ4n) is 5.87. The summed E-state index contributed by atoms with van der Waals surface area (Å²) < 4.78 is 27.4. The van der Waals surface area contributed by atoms with Gasteiger partial charge in [0.2, 0.25) is 0 Å². The van der Waals surface area contributed by atoms with E-state index >= 15 is 0 Å². The zero-order valence-electron chi connectivity index (χ0n) is 22.1. The van der Waals surface area contributed by atoms with Crippen LogP contribution in [0.15, 0.2) is 36.4 Å². The van der Waals surface area contributed by atoms with Crippen molar-refractivity contribution in [1.29, 1.82) is 0 Å². The summed E-state index contributed by atoms with van der Waals surface area (Å²) in [7, 11) is -3.82. The van der Waals surface area contributed by atoms with Gasteiger partial charge in [0.05, 0.1) is 12.2 Å². The van der Waals surface area contributed by atoms with Crippen LogP contribution in [-0.4, -0.2) is 23.2 Å². The number of rotatable bonds is 9. The first-order valence-electron chi connectivity index (χ1n) is 13.5. The summed E-state index contributed by atoms with van der Waals surface area (Å²) in [5, 5.41) is 11.3. The third kappa shape index (κ3) is 7.29. The van der Waals surface area contributed by atoms with E-state index in [0.29, 0.717) is 35.5 Å². The van der Waals surface area contributed by atoms with Gasteiger partial charge in [-0.05, 0) is 72.8 Å². The van der Waals surface area contributed by atoms with Gasteiger partial charge in [-0.2, -0.15) is 0 Å². The molecular weight excluding hydrogens is 443 g/mol. The van der Waals surface area contributed by atoms with Crippen molar-refractivity contribution in [3.63, 3.8) is 0 Å². The second-order valence-corrected chi connectivity index (χ2v) is 13.7. The van der Waals surface area contributed by atoms with Gasteiger partial charge in [-0.1, -0.05) is 90.8 Å². The third-order valence-corrected chi connectivity index (χ3v) is 10.0. The normalized spacial score (nSPS) is 33.3. The fourth-order valence-corrected chi connectivity index (χ4v) is 7.70. The number of aliphatic hydroxyl groups excluding tert-OH is 1. The number of benzene rings is 1. The topological polar surface area (TPSA) is 55.8 Å². The van der Waals surface area contributed by atoms with Crippen molar-refractivity contribution in [2.24, 2.45) is 35.5 Å². The Labute approximate surface area is 208 Å². The van der Waals surface area contributed by atoms with Crippen LogP contribution in [0.1, 0.15) is 85.6 Å². The van der Waals surface area contributed by atoms with Gasteiger partial charge >= 0.3 is 7.60 Å². The summed E-state index contributed by atoms with van der Waals surface area (Å²) in [6, 6.07) is 9.78. The van der Waals surface area contributed by atoms with Crippen molar-refractivity contribution in [3.05, 3.63) is 42.0 Å². The molecule has 4 nitrogen and oxygen atoms in total. The SMILES string of the molecule is CC(C)[C@H]1CC[C@@H](C)C[C@H]1OP(=O)(O[C@@H]1C[C@H](C)CC[C@H]1C(C)C)[C@H](O)/C=C/c1ccccc1. The average Bonchev–Trinajstić information content (AvgIpc) is 2.77. The van der Waals surface area contributed by atoms with Crippen LogP contribution in [0.3, 0.4) is 0 Å². The van der Waals surface area contributed by atoms with E-state index in [1.54, 1.807) is 6.08 Å². The lowest BCUT2D eigenvalue weighted by Gasteiger charge is -2.42. The molecule has 1 unspecified atom stereocenters. The fraction of sp³-hybridized carbons (Fsp3) is 0.724. The molecule has 1 N–H and O–H groups in total. The lowest BCUT2D eigenvalue weighted by Crippen LogP contribution is -2.37. The Hall–Kier alpha value is -0.930. The molecule has 2 saturated carbocycles. The predicted octanol–water partition coefficient (Wildman–Crippen LogP) is 8.17. The molecule has 2 aliphatic carbocycles. The maximum Gasteiger partial charge on any atom is 0.363 e. The van der Waals surface area contributed by atoms with E-state index in [0.717, 1.165) is 31.2 Å². The Morgan fingerprint density at radius 2 is 1.32 bits per heavy atom. The van der Waals surface area contributed by atoms with E-state index in [2.05, 4.69) is 41.5 Å². The monoisotopic (exact) mass is 490 g/mol. The van der Waals surface area contributed by atoms with Gasteiger partial charge < -0.3 is 14.2 Å². The van der Waals surface area contributed by atoms with Gasteiger partial charge in [0.25, 0.3) is 0 Å². The molecule has 5 heteroatoms. The summed E-state index contributed by atoms with van der Waals surface area (Å²) in [5.74, 6) is 1.26. The van der Waals surface area contributed by atoms with E-state index in [9.17, 15) is 9.67 Å². The van der Waals surface area contributed by atoms with Crippen LogP contribution < -0.4 is 0 Å². The van der Waals surface area contributed by atoms with E-state index in [-0.39, 0.29) is 12.2 Å². The molecule has 0 spiro atoms. The smallest absolute Gasteiger partial charge is 0.363 e. The Morgan fingerprint density at radius 1 is 0.853 bits per heavy atom. The van der Waals surface area contributed by atoms with Crippen LogP contribution in [0, 0.1) is 35.5 Å². The molecule has 1 aromatic rings. The Balaban J connectivity index is 1.89. The van der Waals surface area contributed by atoms with E-state index in [1.807, 2.05) is 36.4 Å². The van der Waals surface area contributed by atoms with Crippen molar-refractivity contribution in [1.82, 2.24) is 0 Å². The predicted molar refractivity (Wildman–Crippen MR) is 142 cm³/mol. The van der Waals surface area contributed by atoms with Crippen LogP contribution in [0.4, 0.5) is 0 Å². The molecule has 0 bridgehead atoms. The molecule has 0 aliphatic heterocycles. The van der Waals surface area contributed by atoms with E-state index in [1.165, 1.54) is 12.8 Å². The molecule has 192 valence electrons. The Bertz CT molecular complexity index is 783. The van der Waals surface area contributed by atoms with Gasteiger partial charge in [-0.25, -0.2) is 0 Å². The number of hydrogen-bond acceptors (Lipinski definition) is 4.